The topological polar surface area (TPSA) is 62.8 Å². The minimum atomic E-state index is -0.748. The Bertz CT molecular complexity index is 537. The normalized spacial score (nSPS) is 14.5. The Morgan fingerprint density at radius 3 is 2.74 bits per heavy atom. The lowest BCUT2D eigenvalue weighted by Gasteiger charge is -2.12. The molecule has 1 aromatic carbocycles. The van der Waals surface area contributed by atoms with E-state index < -0.39 is 12.2 Å². The van der Waals surface area contributed by atoms with E-state index in [9.17, 15) is 10.2 Å². The van der Waals surface area contributed by atoms with Crippen LogP contribution in [0.1, 0.15) is 25.2 Å². The van der Waals surface area contributed by atoms with Gasteiger partial charge in [0.05, 0.1) is 11.3 Å². The smallest absolute Gasteiger partial charge is 0.175 e. The third-order valence-electron chi connectivity index (χ3n) is 2.86. The molecule has 0 saturated carbocycles. The Labute approximate surface area is 116 Å². The van der Waals surface area contributed by atoms with Crippen LogP contribution in [0.4, 0.5) is 0 Å². The van der Waals surface area contributed by atoms with Gasteiger partial charge in [0.2, 0.25) is 0 Å². The molecule has 0 fully saturated rings. The molecule has 0 amide bonds. The second kappa shape index (κ2) is 6.28. The fraction of sp³-hybridized carbons (Fsp3) is 0.429. The van der Waals surface area contributed by atoms with Crippen molar-refractivity contribution < 1.29 is 19.4 Å². The molecule has 2 unspecified atom stereocenters. The lowest BCUT2D eigenvalue weighted by molar-refractivity contribution is 0.112. The molecular weight excluding hydrogens is 268 g/mol. The van der Waals surface area contributed by atoms with Crippen molar-refractivity contribution in [1.82, 2.24) is 0 Å². The number of rotatable bonds is 6. The molecule has 4 nitrogen and oxygen atoms in total. The average Bonchev–Trinajstić information content (AvgIpc) is 2.82. The molecule has 0 aliphatic heterocycles. The Hall–Kier alpha value is -1.23. The molecule has 2 aromatic rings. The number of hydrogen-bond donors (Lipinski definition) is 2. The standard InChI is InChI=1S/C14H17ClO4/c1-2-11(17)14-13(18-8-9(16)7-15)10-5-3-4-6-12(10)19-14/h3-6,9,11,16-17H,2,7-8H2,1H3. The van der Waals surface area contributed by atoms with Gasteiger partial charge in [-0.1, -0.05) is 19.1 Å². The van der Waals surface area contributed by atoms with Crippen molar-refractivity contribution in [3.63, 3.8) is 0 Å². The molecule has 0 radical (unpaired) electrons. The Kier molecular flexibility index (Phi) is 4.69. The van der Waals surface area contributed by atoms with Crippen molar-refractivity contribution in [2.75, 3.05) is 12.5 Å². The minimum Gasteiger partial charge on any atom is -0.486 e. The maximum atomic E-state index is 9.97. The molecule has 104 valence electrons. The van der Waals surface area contributed by atoms with Crippen LogP contribution in [0.15, 0.2) is 28.7 Å². The molecule has 5 heteroatoms. The van der Waals surface area contributed by atoms with E-state index in [1.807, 2.05) is 31.2 Å². The zero-order chi connectivity index (χ0) is 13.8. The molecule has 1 heterocycles. The molecule has 2 atom stereocenters. The van der Waals surface area contributed by atoms with Crippen molar-refractivity contribution in [3.8, 4) is 5.75 Å². The van der Waals surface area contributed by atoms with Gasteiger partial charge in [0, 0.05) is 0 Å². The highest BCUT2D eigenvalue weighted by molar-refractivity contribution is 6.18. The van der Waals surface area contributed by atoms with Crippen LogP contribution in [0.5, 0.6) is 5.75 Å². The van der Waals surface area contributed by atoms with E-state index in [4.69, 9.17) is 20.8 Å². The Morgan fingerprint density at radius 1 is 1.32 bits per heavy atom. The molecule has 2 N–H and O–H groups in total. The zero-order valence-electron chi connectivity index (χ0n) is 10.7. The average molecular weight is 285 g/mol. The number of benzene rings is 1. The van der Waals surface area contributed by atoms with Crippen molar-refractivity contribution in [3.05, 3.63) is 30.0 Å². The Morgan fingerprint density at radius 2 is 2.05 bits per heavy atom. The fourth-order valence-electron chi connectivity index (χ4n) is 1.82. The van der Waals surface area contributed by atoms with Gasteiger partial charge >= 0.3 is 0 Å². The van der Waals surface area contributed by atoms with Crippen LogP contribution in [-0.4, -0.2) is 28.8 Å². The summed E-state index contributed by atoms with van der Waals surface area (Å²) >= 11 is 5.54. The summed E-state index contributed by atoms with van der Waals surface area (Å²) in [6, 6.07) is 7.38. The highest BCUT2D eigenvalue weighted by atomic mass is 35.5. The predicted molar refractivity (Wildman–Crippen MR) is 73.7 cm³/mol. The van der Waals surface area contributed by atoms with Crippen LogP contribution in [0, 0.1) is 0 Å². The molecule has 0 aliphatic rings. The van der Waals surface area contributed by atoms with Gasteiger partial charge in [0.1, 0.15) is 24.4 Å². The van der Waals surface area contributed by atoms with E-state index >= 15 is 0 Å². The van der Waals surface area contributed by atoms with Gasteiger partial charge in [-0.15, -0.1) is 11.6 Å². The summed E-state index contributed by atoms with van der Waals surface area (Å²) in [6.07, 6.45) is -0.952. The van der Waals surface area contributed by atoms with Gasteiger partial charge in [-0.05, 0) is 18.6 Å². The van der Waals surface area contributed by atoms with Gasteiger partial charge in [-0.2, -0.15) is 0 Å². The number of furan rings is 1. The van der Waals surface area contributed by atoms with Gasteiger partial charge in [-0.3, -0.25) is 0 Å². The summed E-state index contributed by atoms with van der Waals surface area (Å²) in [6.45, 7) is 1.92. The first-order valence-electron chi connectivity index (χ1n) is 6.23. The van der Waals surface area contributed by atoms with Crippen LogP contribution >= 0.6 is 11.6 Å². The van der Waals surface area contributed by atoms with E-state index in [-0.39, 0.29) is 12.5 Å². The molecule has 2 rings (SSSR count). The van der Waals surface area contributed by atoms with Gasteiger partial charge in [0.15, 0.2) is 11.5 Å². The van der Waals surface area contributed by atoms with Crippen molar-refractivity contribution in [2.24, 2.45) is 0 Å². The number of hydrogen-bond acceptors (Lipinski definition) is 4. The summed E-state index contributed by atoms with van der Waals surface area (Å²) in [5.41, 5.74) is 0.653. The molecular formula is C14H17ClO4. The first-order valence-corrected chi connectivity index (χ1v) is 6.77. The highest BCUT2D eigenvalue weighted by Crippen LogP contribution is 2.37. The zero-order valence-corrected chi connectivity index (χ0v) is 11.4. The first-order chi connectivity index (χ1) is 9.17. The van der Waals surface area contributed by atoms with Crippen LogP contribution in [0.3, 0.4) is 0 Å². The molecule has 0 spiro atoms. The number of aliphatic hydroxyl groups excluding tert-OH is 2. The minimum absolute atomic E-state index is 0.0659. The number of aliphatic hydroxyl groups is 2. The summed E-state index contributed by atoms with van der Waals surface area (Å²) in [4.78, 5) is 0. The number of para-hydroxylation sites is 1. The molecule has 1 aromatic heterocycles. The van der Waals surface area contributed by atoms with Crippen LogP contribution in [0.25, 0.3) is 11.0 Å². The van der Waals surface area contributed by atoms with E-state index in [0.717, 1.165) is 5.39 Å². The predicted octanol–water partition coefficient (Wildman–Crippen LogP) is 2.85. The fourth-order valence-corrected chi connectivity index (χ4v) is 1.91. The van der Waals surface area contributed by atoms with Crippen LogP contribution in [-0.2, 0) is 0 Å². The number of fused-ring (bicyclic) bond motifs is 1. The molecule has 0 aliphatic carbocycles. The lowest BCUT2D eigenvalue weighted by Crippen LogP contribution is -2.19. The SMILES string of the molecule is CCC(O)c1oc2ccccc2c1OCC(O)CCl. The number of halogens is 1. The van der Waals surface area contributed by atoms with E-state index in [2.05, 4.69) is 0 Å². The van der Waals surface area contributed by atoms with E-state index in [1.54, 1.807) is 0 Å². The van der Waals surface area contributed by atoms with Crippen LogP contribution < -0.4 is 4.74 Å². The van der Waals surface area contributed by atoms with Crippen molar-refractivity contribution in [2.45, 2.75) is 25.6 Å². The molecule has 19 heavy (non-hydrogen) atoms. The summed E-state index contributed by atoms with van der Waals surface area (Å²) in [5, 5.41) is 20.2. The van der Waals surface area contributed by atoms with Crippen molar-refractivity contribution >= 4 is 22.6 Å². The molecule has 0 saturated heterocycles. The van der Waals surface area contributed by atoms with E-state index in [0.29, 0.717) is 23.5 Å². The second-order valence-electron chi connectivity index (χ2n) is 4.33. The second-order valence-corrected chi connectivity index (χ2v) is 4.64. The monoisotopic (exact) mass is 284 g/mol. The first kappa shape index (κ1) is 14.2. The summed E-state index contributed by atoms with van der Waals surface area (Å²) < 4.78 is 11.2. The third-order valence-corrected chi connectivity index (χ3v) is 3.22. The molecule has 0 bridgehead atoms. The maximum Gasteiger partial charge on any atom is 0.175 e. The van der Waals surface area contributed by atoms with Gasteiger partial charge in [-0.25, -0.2) is 0 Å². The summed E-state index contributed by atoms with van der Waals surface area (Å²) in [5.74, 6) is 0.973. The third kappa shape index (κ3) is 3.03. The number of alkyl halides is 1. The van der Waals surface area contributed by atoms with Crippen LogP contribution in [0.2, 0.25) is 0 Å². The maximum absolute atomic E-state index is 9.97. The lowest BCUT2D eigenvalue weighted by atomic mass is 10.1. The van der Waals surface area contributed by atoms with Gasteiger partial charge in [0.25, 0.3) is 0 Å². The number of ether oxygens (including phenoxy) is 1. The highest BCUT2D eigenvalue weighted by Gasteiger charge is 2.21. The summed E-state index contributed by atoms with van der Waals surface area (Å²) in [7, 11) is 0. The van der Waals surface area contributed by atoms with Gasteiger partial charge < -0.3 is 19.4 Å². The van der Waals surface area contributed by atoms with E-state index in [1.165, 1.54) is 0 Å². The Balaban J connectivity index is 2.36. The quantitative estimate of drug-likeness (QED) is 0.801. The van der Waals surface area contributed by atoms with Crippen molar-refractivity contribution in [1.29, 1.82) is 0 Å². The largest absolute Gasteiger partial charge is 0.486 e.